The fourth-order valence-electron chi connectivity index (χ4n) is 1.79. The van der Waals surface area contributed by atoms with Crippen molar-refractivity contribution < 1.29 is 0 Å². The van der Waals surface area contributed by atoms with Crippen LogP contribution in [0.5, 0.6) is 0 Å². The van der Waals surface area contributed by atoms with Crippen LogP contribution in [0.3, 0.4) is 0 Å². The van der Waals surface area contributed by atoms with Crippen molar-refractivity contribution in [1.29, 1.82) is 0 Å². The van der Waals surface area contributed by atoms with Gasteiger partial charge >= 0.3 is 0 Å². The topological polar surface area (TPSA) is 63.6 Å². The first-order chi connectivity index (χ1) is 10.2. The van der Waals surface area contributed by atoms with Crippen LogP contribution in [0.4, 0.5) is 15.8 Å². The van der Waals surface area contributed by atoms with E-state index < -0.39 is 0 Å². The maximum absolute atomic E-state index is 5.90. The maximum atomic E-state index is 5.90. The minimum Gasteiger partial charge on any atom is -0.375 e. The summed E-state index contributed by atoms with van der Waals surface area (Å²) in [5.74, 6) is 0. The molecular weight excluding hydrogens is 304 g/mol. The zero-order valence-corrected chi connectivity index (χ0v) is 12.5. The normalized spacial score (nSPS) is 11.1. The van der Waals surface area contributed by atoms with E-state index in [2.05, 4.69) is 15.2 Å². The summed E-state index contributed by atoms with van der Waals surface area (Å²) in [6.45, 7) is 0. The van der Waals surface area contributed by atoms with Gasteiger partial charge in [0.15, 0.2) is 10.1 Å². The van der Waals surface area contributed by atoms with Gasteiger partial charge in [-0.1, -0.05) is 53.3 Å². The minimum absolute atomic E-state index is 0.460. The molecule has 21 heavy (non-hydrogen) atoms. The molecule has 0 bridgehead atoms. The molecular formula is C15H11ClN4S. The van der Waals surface area contributed by atoms with Crippen LogP contribution in [0.15, 0.2) is 64.8 Å². The number of hydrogen-bond donors (Lipinski definition) is 1. The Hall–Kier alpha value is -2.24. The van der Waals surface area contributed by atoms with Gasteiger partial charge in [-0.15, -0.1) is 10.2 Å². The van der Waals surface area contributed by atoms with Crippen molar-refractivity contribution in [1.82, 2.24) is 4.98 Å². The highest BCUT2D eigenvalue weighted by Crippen LogP contribution is 2.38. The lowest BCUT2D eigenvalue weighted by Crippen LogP contribution is -1.82. The number of nitrogens with two attached hydrogens (primary N) is 1. The molecule has 0 unspecified atom stereocenters. The molecule has 6 heteroatoms. The van der Waals surface area contributed by atoms with Crippen molar-refractivity contribution in [3.05, 3.63) is 59.6 Å². The summed E-state index contributed by atoms with van der Waals surface area (Å²) in [6.07, 6.45) is 0. The molecule has 0 radical (unpaired) electrons. The number of thiazole rings is 1. The van der Waals surface area contributed by atoms with Gasteiger partial charge < -0.3 is 5.73 Å². The van der Waals surface area contributed by atoms with Crippen LogP contribution in [-0.2, 0) is 0 Å². The molecule has 0 saturated carbocycles. The standard InChI is InChI=1S/C15H11ClN4S/c16-11-8-6-10(7-9-11)13-14(21-15(17)18-13)20-19-12-4-2-1-3-5-12/h1-9H,(H2,17,18). The average Bonchev–Trinajstić information content (AvgIpc) is 2.88. The van der Waals surface area contributed by atoms with Crippen molar-refractivity contribution in [3.63, 3.8) is 0 Å². The molecule has 0 aliphatic carbocycles. The van der Waals surface area contributed by atoms with E-state index in [0.717, 1.165) is 11.3 Å². The van der Waals surface area contributed by atoms with Gasteiger partial charge in [0.1, 0.15) is 5.69 Å². The van der Waals surface area contributed by atoms with Gasteiger partial charge in [0, 0.05) is 10.6 Å². The zero-order valence-electron chi connectivity index (χ0n) is 10.9. The van der Waals surface area contributed by atoms with Crippen molar-refractivity contribution in [2.45, 2.75) is 0 Å². The molecule has 104 valence electrons. The highest BCUT2D eigenvalue weighted by Gasteiger charge is 2.11. The van der Waals surface area contributed by atoms with Crippen LogP contribution in [0.2, 0.25) is 5.02 Å². The summed E-state index contributed by atoms with van der Waals surface area (Å²) < 4.78 is 0. The first kappa shape index (κ1) is 13.7. The molecule has 1 heterocycles. The van der Waals surface area contributed by atoms with Gasteiger partial charge in [0.2, 0.25) is 0 Å². The first-order valence-electron chi connectivity index (χ1n) is 6.21. The Kier molecular flexibility index (Phi) is 3.94. The molecule has 0 amide bonds. The summed E-state index contributed by atoms with van der Waals surface area (Å²) in [6, 6.07) is 16.9. The number of benzene rings is 2. The van der Waals surface area contributed by atoms with E-state index in [1.165, 1.54) is 11.3 Å². The lowest BCUT2D eigenvalue weighted by molar-refractivity contribution is 1.24. The summed E-state index contributed by atoms with van der Waals surface area (Å²) >= 11 is 7.21. The Balaban J connectivity index is 1.96. The number of nitrogen functional groups attached to an aromatic ring is 1. The van der Waals surface area contributed by atoms with Gasteiger partial charge in [0.05, 0.1) is 5.69 Å². The van der Waals surface area contributed by atoms with E-state index in [1.54, 1.807) is 0 Å². The predicted molar refractivity (Wildman–Crippen MR) is 87.6 cm³/mol. The number of hydrogen-bond acceptors (Lipinski definition) is 5. The Labute approximate surface area is 130 Å². The number of anilines is 1. The van der Waals surface area contributed by atoms with Crippen LogP contribution in [0, 0.1) is 0 Å². The van der Waals surface area contributed by atoms with E-state index in [9.17, 15) is 0 Å². The third-order valence-corrected chi connectivity index (χ3v) is 3.78. The van der Waals surface area contributed by atoms with Crippen LogP contribution in [0.25, 0.3) is 11.3 Å². The third kappa shape index (κ3) is 3.26. The molecule has 0 aliphatic rings. The summed E-state index contributed by atoms with van der Waals surface area (Å²) in [4.78, 5) is 4.32. The van der Waals surface area contributed by atoms with Gasteiger partial charge in [-0.3, -0.25) is 0 Å². The minimum atomic E-state index is 0.460. The van der Waals surface area contributed by atoms with E-state index >= 15 is 0 Å². The van der Waals surface area contributed by atoms with Crippen LogP contribution >= 0.6 is 22.9 Å². The molecule has 0 fully saturated rings. The number of aromatic nitrogens is 1. The lowest BCUT2D eigenvalue weighted by atomic mass is 10.2. The Morgan fingerprint density at radius 3 is 2.38 bits per heavy atom. The van der Waals surface area contributed by atoms with Crippen molar-refractivity contribution >= 4 is 38.8 Å². The van der Waals surface area contributed by atoms with Crippen molar-refractivity contribution in [3.8, 4) is 11.3 Å². The average molecular weight is 315 g/mol. The molecule has 2 N–H and O–H groups in total. The Morgan fingerprint density at radius 1 is 0.952 bits per heavy atom. The monoisotopic (exact) mass is 314 g/mol. The van der Waals surface area contributed by atoms with E-state index in [-0.39, 0.29) is 0 Å². The van der Waals surface area contributed by atoms with Crippen LogP contribution in [0.1, 0.15) is 0 Å². The van der Waals surface area contributed by atoms with Crippen molar-refractivity contribution in [2.24, 2.45) is 10.2 Å². The van der Waals surface area contributed by atoms with Gasteiger partial charge in [-0.2, -0.15) is 0 Å². The third-order valence-electron chi connectivity index (χ3n) is 2.76. The van der Waals surface area contributed by atoms with Crippen molar-refractivity contribution in [2.75, 3.05) is 5.73 Å². The Bertz CT molecular complexity index is 766. The second-order valence-electron chi connectivity index (χ2n) is 4.25. The van der Waals surface area contributed by atoms with Crippen LogP contribution in [-0.4, -0.2) is 4.98 Å². The maximum Gasteiger partial charge on any atom is 0.182 e. The molecule has 0 spiro atoms. The lowest BCUT2D eigenvalue weighted by Gasteiger charge is -1.98. The smallest absolute Gasteiger partial charge is 0.182 e. The zero-order chi connectivity index (χ0) is 14.7. The van der Waals surface area contributed by atoms with Gasteiger partial charge in [-0.25, -0.2) is 4.98 Å². The molecule has 0 aliphatic heterocycles. The molecule has 3 rings (SSSR count). The SMILES string of the molecule is Nc1nc(-c2ccc(Cl)cc2)c(N=Nc2ccccc2)s1. The van der Waals surface area contributed by atoms with E-state index in [1.807, 2.05) is 54.6 Å². The van der Waals surface area contributed by atoms with Crippen LogP contribution < -0.4 is 5.73 Å². The summed E-state index contributed by atoms with van der Waals surface area (Å²) in [5.41, 5.74) is 8.21. The highest BCUT2D eigenvalue weighted by atomic mass is 35.5. The summed E-state index contributed by atoms with van der Waals surface area (Å²) in [7, 11) is 0. The Morgan fingerprint density at radius 2 is 1.67 bits per heavy atom. The molecule has 0 atom stereocenters. The van der Waals surface area contributed by atoms with E-state index in [0.29, 0.717) is 20.8 Å². The molecule has 0 saturated heterocycles. The predicted octanol–water partition coefficient (Wildman–Crippen LogP) is 5.46. The second-order valence-corrected chi connectivity index (χ2v) is 5.69. The number of rotatable bonds is 3. The molecule has 1 aromatic heterocycles. The largest absolute Gasteiger partial charge is 0.375 e. The second kappa shape index (κ2) is 6.03. The molecule has 2 aromatic carbocycles. The number of nitrogens with zero attached hydrogens (tertiary/aromatic N) is 3. The molecule has 4 nitrogen and oxygen atoms in total. The quantitative estimate of drug-likeness (QED) is 0.652. The number of halogens is 1. The summed E-state index contributed by atoms with van der Waals surface area (Å²) in [5, 5.41) is 10.3. The first-order valence-corrected chi connectivity index (χ1v) is 7.41. The molecule has 3 aromatic rings. The fraction of sp³-hybridized carbons (Fsp3) is 0. The van der Waals surface area contributed by atoms with E-state index in [4.69, 9.17) is 17.3 Å². The van der Waals surface area contributed by atoms with Gasteiger partial charge in [0.25, 0.3) is 0 Å². The van der Waals surface area contributed by atoms with Gasteiger partial charge in [-0.05, 0) is 24.3 Å². The fourth-order valence-corrected chi connectivity index (χ4v) is 2.59. The highest BCUT2D eigenvalue weighted by molar-refractivity contribution is 7.19. The number of azo groups is 1.